The predicted molar refractivity (Wildman–Crippen MR) is 91.8 cm³/mol. The zero-order chi connectivity index (χ0) is 18.0. The van der Waals surface area contributed by atoms with Gasteiger partial charge in [-0.05, 0) is 36.8 Å². The first-order chi connectivity index (χ1) is 12.0. The average molecular weight is 338 g/mol. The van der Waals surface area contributed by atoms with Crippen LogP contribution in [0.5, 0.6) is 0 Å². The molecule has 2 heterocycles. The van der Waals surface area contributed by atoms with Gasteiger partial charge in [-0.15, -0.1) is 0 Å². The molecule has 7 nitrogen and oxygen atoms in total. The number of carbonyl (C=O) groups excluding carboxylic acids is 1. The summed E-state index contributed by atoms with van der Waals surface area (Å²) in [7, 11) is 1.58. The van der Waals surface area contributed by atoms with Gasteiger partial charge in [0.25, 0.3) is 5.91 Å². The van der Waals surface area contributed by atoms with Crippen molar-refractivity contribution in [3.8, 4) is 5.69 Å². The molecule has 0 saturated heterocycles. The van der Waals surface area contributed by atoms with E-state index in [4.69, 9.17) is 5.11 Å². The Morgan fingerprint density at radius 1 is 1.20 bits per heavy atom. The molecule has 128 valence electrons. The number of aromatic nitrogens is 3. The van der Waals surface area contributed by atoms with E-state index in [0.717, 1.165) is 11.3 Å². The van der Waals surface area contributed by atoms with Crippen molar-refractivity contribution in [1.82, 2.24) is 19.7 Å². The van der Waals surface area contributed by atoms with Crippen molar-refractivity contribution >= 4 is 11.9 Å². The Balaban J connectivity index is 1.81. The van der Waals surface area contributed by atoms with Gasteiger partial charge in [-0.1, -0.05) is 12.1 Å². The van der Waals surface area contributed by atoms with E-state index in [1.54, 1.807) is 7.05 Å². The number of carboxylic acid groups (broad SMARTS) is 1. The monoisotopic (exact) mass is 338 g/mol. The van der Waals surface area contributed by atoms with Gasteiger partial charge >= 0.3 is 5.97 Å². The summed E-state index contributed by atoms with van der Waals surface area (Å²) in [5, 5.41) is 15.8. The topological polar surface area (TPSA) is 89.2 Å². The number of aromatic carboxylic acids is 1. The lowest BCUT2D eigenvalue weighted by Gasteiger charge is -2.15. The van der Waals surface area contributed by atoms with Gasteiger partial charge in [0.15, 0.2) is 5.69 Å². The van der Waals surface area contributed by atoms with Gasteiger partial charge in [0.05, 0.1) is 11.6 Å². The third kappa shape index (κ3) is 3.45. The summed E-state index contributed by atoms with van der Waals surface area (Å²) in [4.78, 5) is 23.7. The first-order valence-electron chi connectivity index (χ1n) is 7.77. The van der Waals surface area contributed by atoms with Crippen LogP contribution >= 0.6 is 0 Å². The number of carboxylic acids is 1. The highest BCUT2D eigenvalue weighted by molar-refractivity contribution is 6.03. The van der Waals surface area contributed by atoms with Crippen molar-refractivity contribution in [1.29, 1.82) is 0 Å². The molecular formula is C18H18N4O3. The molecule has 0 aliphatic rings. The van der Waals surface area contributed by atoms with Crippen LogP contribution in [0.15, 0.2) is 55.0 Å². The molecule has 0 spiro atoms. The summed E-state index contributed by atoms with van der Waals surface area (Å²) in [5.74, 6) is -1.70. The molecule has 1 amide bonds. The quantitative estimate of drug-likeness (QED) is 0.747. The minimum absolute atomic E-state index is 0.0448. The number of carbonyl (C=O) groups is 2. The van der Waals surface area contributed by atoms with Gasteiger partial charge in [-0.25, -0.2) is 4.79 Å². The highest BCUT2D eigenvalue weighted by Crippen LogP contribution is 2.18. The van der Waals surface area contributed by atoms with Crippen LogP contribution in [0.2, 0.25) is 0 Å². The van der Waals surface area contributed by atoms with Crippen LogP contribution in [0, 0.1) is 0 Å². The molecule has 7 heteroatoms. The summed E-state index contributed by atoms with van der Waals surface area (Å²) < 4.78 is 3.29. The van der Waals surface area contributed by atoms with E-state index in [9.17, 15) is 9.59 Å². The molecule has 0 bridgehead atoms. The fourth-order valence-electron chi connectivity index (χ4n) is 2.63. The molecule has 0 radical (unpaired) electrons. The molecule has 0 aliphatic heterocycles. The fraction of sp³-hybridized carbons (Fsp3) is 0.167. The predicted octanol–water partition coefficient (Wildman–Crippen LogP) is 2.40. The molecule has 0 fully saturated rings. The zero-order valence-corrected chi connectivity index (χ0v) is 13.9. The van der Waals surface area contributed by atoms with Gasteiger partial charge in [0.1, 0.15) is 0 Å². The van der Waals surface area contributed by atoms with Crippen LogP contribution in [0.25, 0.3) is 5.69 Å². The number of nitrogens with one attached hydrogen (secondary N) is 1. The second kappa shape index (κ2) is 6.64. The van der Waals surface area contributed by atoms with Crippen LogP contribution in [0.4, 0.5) is 0 Å². The van der Waals surface area contributed by atoms with E-state index in [1.165, 1.54) is 10.9 Å². The lowest BCUT2D eigenvalue weighted by Crippen LogP contribution is -2.27. The van der Waals surface area contributed by atoms with Crippen molar-refractivity contribution in [3.05, 3.63) is 71.8 Å². The maximum Gasteiger partial charge on any atom is 0.357 e. The zero-order valence-electron chi connectivity index (χ0n) is 13.9. The largest absolute Gasteiger partial charge is 0.476 e. The van der Waals surface area contributed by atoms with Gasteiger partial charge in [-0.3, -0.25) is 9.48 Å². The SMILES string of the molecule is CC(NC(=O)c1cn(C)nc1C(=O)O)c1cccc(-n2cccc2)c1. The molecule has 0 saturated carbocycles. The molecule has 3 rings (SSSR count). The first kappa shape index (κ1) is 16.5. The lowest BCUT2D eigenvalue weighted by atomic mass is 10.1. The maximum absolute atomic E-state index is 12.4. The van der Waals surface area contributed by atoms with E-state index < -0.39 is 11.9 Å². The number of aryl methyl sites for hydroxylation is 1. The molecule has 1 unspecified atom stereocenters. The van der Waals surface area contributed by atoms with Gasteiger partial charge in [0, 0.05) is 31.3 Å². The van der Waals surface area contributed by atoms with Crippen molar-refractivity contribution in [3.63, 3.8) is 0 Å². The van der Waals surface area contributed by atoms with Gasteiger partial charge in [0.2, 0.25) is 0 Å². The molecule has 1 aromatic carbocycles. The van der Waals surface area contributed by atoms with E-state index in [1.807, 2.05) is 60.3 Å². The van der Waals surface area contributed by atoms with E-state index in [-0.39, 0.29) is 17.3 Å². The van der Waals surface area contributed by atoms with Crippen LogP contribution in [0.3, 0.4) is 0 Å². The third-order valence-electron chi connectivity index (χ3n) is 3.90. The highest BCUT2D eigenvalue weighted by Gasteiger charge is 2.22. The Hall–Kier alpha value is -3.35. The summed E-state index contributed by atoms with van der Waals surface area (Å²) >= 11 is 0. The normalized spacial score (nSPS) is 11.9. The van der Waals surface area contributed by atoms with Crippen LogP contribution in [-0.2, 0) is 7.05 Å². The van der Waals surface area contributed by atoms with E-state index in [2.05, 4.69) is 10.4 Å². The number of amides is 1. The van der Waals surface area contributed by atoms with Crippen LogP contribution in [-0.4, -0.2) is 31.3 Å². The minimum Gasteiger partial charge on any atom is -0.476 e. The number of benzene rings is 1. The standard InChI is InChI=1S/C18H18N4O3/c1-12(13-6-5-7-14(10-13)22-8-3-4-9-22)19-17(23)15-11-21(2)20-16(15)18(24)25/h3-12H,1-2H3,(H,19,23)(H,24,25). The molecule has 2 N–H and O–H groups in total. The molecule has 25 heavy (non-hydrogen) atoms. The molecular weight excluding hydrogens is 320 g/mol. The lowest BCUT2D eigenvalue weighted by molar-refractivity contribution is 0.0683. The van der Waals surface area contributed by atoms with Crippen LogP contribution < -0.4 is 5.32 Å². The third-order valence-corrected chi connectivity index (χ3v) is 3.90. The smallest absolute Gasteiger partial charge is 0.357 e. The Morgan fingerprint density at radius 2 is 1.92 bits per heavy atom. The van der Waals surface area contributed by atoms with Crippen molar-refractivity contribution < 1.29 is 14.7 Å². The van der Waals surface area contributed by atoms with Gasteiger partial charge < -0.3 is 15.0 Å². The van der Waals surface area contributed by atoms with E-state index >= 15 is 0 Å². The summed E-state index contributed by atoms with van der Waals surface area (Å²) in [6.07, 6.45) is 5.29. The summed E-state index contributed by atoms with van der Waals surface area (Å²) in [6, 6.07) is 11.4. The number of rotatable bonds is 5. The van der Waals surface area contributed by atoms with Crippen LogP contribution in [0.1, 0.15) is 39.4 Å². The van der Waals surface area contributed by atoms with Crippen molar-refractivity contribution in [2.45, 2.75) is 13.0 Å². The van der Waals surface area contributed by atoms with Gasteiger partial charge in [-0.2, -0.15) is 5.10 Å². The van der Waals surface area contributed by atoms with Crippen molar-refractivity contribution in [2.24, 2.45) is 7.05 Å². The molecule has 1 atom stereocenters. The second-order valence-corrected chi connectivity index (χ2v) is 5.75. The Bertz CT molecular complexity index is 912. The summed E-state index contributed by atoms with van der Waals surface area (Å²) in [6.45, 7) is 1.85. The molecule has 3 aromatic rings. The molecule has 2 aromatic heterocycles. The minimum atomic E-state index is -1.23. The molecule has 0 aliphatic carbocycles. The number of hydrogen-bond acceptors (Lipinski definition) is 3. The van der Waals surface area contributed by atoms with Crippen molar-refractivity contribution in [2.75, 3.05) is 0 Å². The Kier molecular flexibility index (Phi) is 4.38. The number of nitrogens with zero attached hydrogens (tertiary/aromatic N) is 3. The number of hydrogen-bond donors (Lipinski definition) is 2. The van der Waals surface area contributed by atoms with E-state index in [0.29, 0.717) is 0 Å². The first-order valence-corrected chi connectivity index (χ1v) is 7.77. The Morgan fingerprint density at radius 3 is 2.60 bits per heavy atom. The maximum atomic E-state index is 12.4. The fourth-order valence-corrected chi connectivity index (χ4v) is 2.63. The highest BCUT2D eigenvalue weighted by atomic mass is 16.4. The second-order valence-electron chi connectivity index (χ2n) is 5.75. The average Bonchev–Trinajstić information content (AvgIpc) is 3.24. The summed E-state index contributed by atoms with van der Waals surface area (Å²) in [5.41, 5.74) is 1.69. The Labute approximate surface area is 144 Å².